The van der Waals surface area contributed by atoms with Crippen LogP contribution in [0.1, 0.15) is 30.4 Å². The van der Waals surface area contributed by atoms with Crippen molar-refractivity contribution in [2.24, 2.45) is 10.2 Å². The minimum Gasteiger partial charge on any atom is -0.493 e. The van der Waals surface area contributed by atoms with Gasteiger partial charge >= 0.3 is 0 Å². The Bertz CT molecular complexity index is 1020. The maximum absolute atomic E-state index is 12.0. The van der Waals surface area contributed by atoms with E-state index in [0.717, 1.165) is 0 Å². The van der Waals surface area contributed by atoms with E-state index in [9.17, 15) is 9.59 Å². The number of hydrazone groups is 2. The van der Waals surface area contributed by atoms with Gasteiger partial charge in [-0.3, -0.25) is 9.59 Å². The van der Waals surface area contributed by atoms with Crippen molar-refractivity contribution in [1.82, 2.24) is 10.9 Å². The molecule has 0 spiro atoms. The largest absolute Gasteiger partial charge is 0.493 e. The van der Waals surface area contributed by atoms with Crippen molar-refractivity contribution in [3.63, 3.8) is 0 Å². The van der Waals surface area contributed by atoms with E-state index in [4.69, 9.17) is 18.9 Å². The monoisotopic (exact) mass is 612 g/mol. The summed E-state index contributed by atoms with van der Waals surface area (Å²) in [6, 6.07) is 7.01. The Kier molecular flexibility index (Phi) is 11.5. The molecule has 0 saturated heterocycles. The standard InChI is InChI=1S/C23H26Br2N4O6/c1-32-18-10-14(8-16(24)22(18)34-3)12-26-28-20(30)6-5-7-21(31)29-27-13-15-9-17(25)23(35-4)19(11-15)33-2/h8-13H,5-7H2,1-4H3,(H,28,30)(H,29,31)/b26-12-,27-13+. The van der Waals surface area contributed by atoms with E-state index in [2.05, 4.69) is 52.9 Å². The predicted octanol–water partition coefficient (Wildman–Crippen LogP) is 4.02. The van der Waals surface area contributed by atoms with Crippen molar-refractivity contribution >= 4 is 56.1 Å². The smallest absolute Gasteiger partial charge is 0.240 e. The van der Waals surface area contributed by atoms with Crippen LogP contribution in [0.5, 0.6) is 23.0 Å². The van der Waals surface area contributed by atoms with Crippen LogP contribution in [0, 0.1) is 0 Å². The van der Waals surface area contributed by atoms with E-state index in [1.165, 1.54) is 26.6 Å². The lowest BCUT2D eigenvalue weighted by Crippen LogP contribution is -2.20. The number of hydrogen-bond acceptors (Lipinski definition) is 8. The summed E-state index contributed by atoms with van der Waals surface area (Å²) < 4.78 is 22.5. The molecule has 0 saturated carbocycles. The molecule has 0 bridgehead atoms. The number of halogens is 2. The van der Waals surface area contributed by atoms with Crippen LogP contribution in [0.2, 0.25) is 0 Å². The van der Waals surface area contributed by atoms with E-state index in [0.29, 0.717) is 49.5 Å². The minimum atomic E-state index is -0.313. The molecule has 0 heterocycles. The summed E-state index contributed by atoms with van der Waals surface area (Å²) in [6.07, 6.45) is 3.57. The molecule has 188 valence electrons. The van der Waals surface area contributed by atoms with Gasteiger partial charge in [0, 0.05) is 12.8 Å². The summed E-state index contributed by atoms with van der Waals surface area (Å²) in [7, 11) is 6.15. The summed E-state index contributed by atoms with van der Waals surface area (Å²) in [5, 5.41) is 7.88. The fraction of sp³-hybridized carbons (Fsp3) is 0.304. The molecule has 0 aliphatic carbocycles. The van der Waals surface area contributed by atoms with E-state index >= 15 is 0 Å². The van der Waals surface area contributed by atoms with E-state index in [1.807, 2.05) is 0 Å². The third kappa shape index (κ3) is 8.55. The topological polar surface area (TPSA) is 120 Å². The van der Waals surface area contributed by atoms with Gasteiger partial charge in [-0.05, 0) is 73.7 Å². The van der Waals surface area contributed by atoms with Crippen molar-refractivity contribution in [2.75, 3.05) is 28.4 Å². The van der Waals surface area contributed by atoms with Crippen LogP contribution < -0.4 is 29.8 Å². The number of carbonyl (C=O) groups excluding carboxylic acids is 2. The van der Waals surface area contributed by atoms with Crippen molar-refractivity contribution < 1.29 is 28.5 Å². The molecule has 12 heteroatoms. The minimum absolute atomic E-state index is 0.132. The summed E-state index contributed by atoms with van der Waals surface area (Å²) in [6.45, 7) is 0. The first-order valence-electron chi connectivity index (χ1n) is 10.3. The Morgan fingerprint density at radius 1 is 0.743 bits per heavy atom. The second-order valence-electron chi connectivity index (χ2n) is 6.92. The number of nitrogens with one attached hydrogen (secondary N) is 2. The highest BCUT2D eigenvalue weighted by molar-refractivity contribution is 9.11. The molecule has 0 fully saturated rings. The number of methoxy groups -OCH3 is 4. The van der Waals surface area contributed by atoms with Crippen LogP contribution >= 0.6 is 31.9 Å². The highest BCUT2D eigenvalue weighted by atomic mass is 79.9. The molecule has 2 aromatic rings. The molecule has 2 amide bonds. The Hall–Kier alpha value is -3.12. The first kappa shape index (κ1) is 28.1. The van der Waals surface area contributed by atoms with Crippen LogP contribution in [-0.4, -0.2) is 52.7 Å². The van der Waals surface area contributed by atoms with Crippen LogP contribution in [0.4, 0.5) is 0 Å². The van der Waals surface area contributed by atoms with Crippen molar-refractivity contribution in [2.45, 2.75) is 19.3 Å². The average molecular weight is 614 g/mol. The Morgan fingerprint density at radius 2 is 1.14 bits per heavy atom. The molecule has 0 unspecified atom stereocenters. The van der Waals surface area contributed by atoms with Crippen LogP contribution in [0.25, 0.3) is 0 Å². The van der Waals surface area contributed by atoms with Gasteiger partial charge in [0.05, 0.1) is 49.8 Å². The summed E-state index contributed by atoms with van der Waals surface area (Å²) in [4.78, 5) is 24.0. The molecule has 10 nitrogen and oxygen atoms in total. The fourth-order valence-corrected chi connectivity index (χ4v) is 4.15. The molecule has 35 heavy (non-hydrogen) atoms. The second kappa shape index (κ2) is 14.3. The van der Waals surface area contributed by atoms with Gasteiger partial charge in [0.1, 0.15) is 0 Å². The SMILES string of the molecule is COc1cc(/C=N\NC(=O)CCCC(=O)N/N=C/c2cc(Br)c(OC)c(OC)c2)cc(Br)c1OC. The number of nitrogens with zero attached hydrogens (tertiary/aromatic N) is 2. The number of hydrogen-bond donors (Lipinski definition) is 2. The van der Waals surface area contributed by atoms with E-state index in [1.54, 1.807) is 38.5 Å². The highest BCUT2D eigenvalue weighted by Crippen LogP contribution is 2.36. The summed E-state index contributed by atoms with van der Waals surface area (Å²) in [5.74, 6) is 1.56. The Morgan fingerprint density at radius 3 is 1.49 bits per heavy atom. The fourth-order valence-electron chi connectivity index (χ4n) is 2.90. The maximum atomic E-state index is 12.0. The quantitative estimate of drug-likeness (QED) is 0.276. The van der Waals surface area contributed by atoms with Crippen LogP contribution in [0.3, 0.4) is 0 Å². The molecule has 2 N–H and O–H groups in total. The lowest BCUT2D eigenvalue weighted by molar-refractivity contribution is -0.122. The van der Waals surface area contributed by atoms with Crippen molar-refractivity contribution in [3.8, 4) is 23.0 Å². The third-order valence-corrected chi connectivity index (χ3v) is 5.70. The number of carbonyl (C=O) groups is 2. The maximum Gasteiger partial charge on any atom is 0.240 e. The third-order valence-electron chi connectivity index (χ3n) is 4.53. The van der Waals surface area contributed by atoms with Gasteiger partial charge in [-0.1, -0.05) is 0 Å². The van der Waals surface area contributed by atoms with Crippen molar-refractivity contribution in [3.05, 3.63) is 44.3 Å². The first-order chi connectivity index (χ1) is 16.8. The normalized spacial score (nSPS) is 10.9. The molecular formula is C23H26Br2N4O6. The summed E-state index contributed by atoms with van der Waals surface area (Å²) in [5.41, 5.74) is 6.28. The average Bonchev–Trinajstić information content (AvgIpc) is 2.83. The Labute approximate surface area is 220 Å². The molecular weight excluding hydrogens is 588 g/mol. The van der Waals surface area contributed by atoms with Crippen LogP contribution in [-0.2, 0) is 9.59 Å². The zero-order chi connectivity index (χ0) is 25.8. The van der Waals surface area contributed by atoms with E-state index < -0.39 is 0 Å². The molecule has 0 aliphatic heterocycles. The molecule has 2 aromatic carbocycles. The zero-order valence-electron chi connectivity index (χ0n) is 19.7. The molecule has 2 rings (SSSR count). The van der Waals surface area contributed by atoms with E-state index in [-0.39, 0.29) is 24.7 Å². The molecule has 0 atom stereocenters. The predicted molar refractivity (Wildman–Crippen MR) is 140 cm³/mol. The number of rotatable bonds is 12. The lowest BCUT2D eigenvalue weighted by Gasteiger charge is -2.10. The lowest BCUT2D eigenvalue weighted by atomic mass is 10.2. The summed E-state index contributed by atoms with van der Waals surface area (Å²) >= 11 is 6.80. The van der Waals surface area contributed by atoms with Crippen LogP contribution in [0.15, 0.2) is 43.4 Å². The Balaban J connectivity index is 1.77. The molecule has 0 aliphatic rings. The number of benzene rings is 2. The van der Waals surface area contributed by atoms with Gasteiger partial charge in [-0.15, -0.1) is 0 Å². The van der Waals surface area contributed by atoms with Gasteiger partial charge < -0.3 is 18.9 Å². The second-order valence-corrected chi connectivity index (χ2v) is 8.63. The van der Waals surface area contributed by atoms with Gasteiger partial charge in [0.15, 0.2) is 23.0 Å². The highest BCUT2D eigenvalue weighted by Gasteiger charge is 2.11. The van der Waals surface area contributed by atoms with Gasteiger partial charge in [-0.25, -0.2) is 10.9 Å². The van der Waals surface area contributed by atoms with Crippen molar-refractivity contribution in [1.29, 1.82) is 0 Å². The number of ether oxygens (including phenoxy) is 4. The van der Waals surface area contributed by atoms with Gasteiger partial charge in [0.25, 0.3) is 0 Å². The molecule has 0 radical (unpaired) electrons. The first-order valence-corrected chi connectivity index (χ1v) is 11.9. The van der Waals surface area contributed by atoms with Gasteiger partial charge in [-0.2, -0.15) is 10.2 Å². The number of amides is 2. The molecule has 0 aromatic heterocycles. The zero-order valence-corrected chi connectivity index (χ0v) is 22.9. The van der Waals surface area contributed by atoms with Gasteiger partial charge in [0.2, 0.25) is 11.8 Å².